The average Bonchev–Trinajstić information content (AvgIpc) is 3.49. The molecular weight excluding hydrogens is 402 g/mol. The van der Waals surface area contributed by atoms with E-state index in [9.17, 15) is 9.59 Å². The zero-order valence-corrected chi connectivity index (χ0v) is 18.5. The van der Waals surface area contributed by atoms with Gasteiger partial charge >= 0.3 is 6.09 Å². The summed E-state index contributed by atoms with van der Waals surface area (Å²) in [7, 11) is 0. The molecule has 1 aromatic heterocycles. The first kappa shape index (κ1) is 20.9. The molecule has 2 aromatic rings. The van der Waals surface area contributed by atoms with Crippen LogP contribution in [0.25, 0.3) is 10.9 Å². The Morgan fingerprint density at radius 3 is 2.70 bits per heavy atom. The third-order valence-corrected chi connectivity index (χ3v) is 6.52. The number of pyridine rings is 1. The summed E-state index contributed by atoms with van der Waals surface area (Å²) in [5, 5.41) is 1.54. The molecule has 0 radical (unpaired) electrons. The van der Waals surface area contributed by atoms with E-state index in [1.165, 1.54) is 0 Å². The molecule has 0 bridgehead atoms. The Hall–Kier alpha value is -2.34. The minimum atomic E-state index is -0.304. The highest BCUT2D eigenvalue weighted by atomic mass is 35.5. The van der Waals surface area contributed by atoms with Gasteiger partial charge in [-0.2, -0.15) is 0 Å². The lowest BCUT2D eigenvalue weighted by molar-refractivity contribution is 0.0412. The monoisotopic (exact) mass is 429 g/mol. The van der Waals surface area contributed by atoms with Crippen molar-refractivity contribution in [3.05, 3.63) is 40.5 Å². The van der Waals surface area contributed by atoms with Gasteiger partial charge in [-0.25, -0.2) is 4.79 Å². The largest absolute Gasteiger partial charge is 0.449 e. The number of ether oxygens (including phenoxy) is 1. The van der Waals surface area contributed by atoms with Gasteiger partial charge in [-0.1, -0.05) is 31.5 Å². The van der Waals surface area contributed by atoms with Crippen molar-refractivity contribution in [3.8, 4) is 0 Å². The highest BCUT2D eigenvalue weighted by Crippen LogP contribution is 2.47. The Morgan fingerprint density at radius 2 is 2.03 bits per heavy atom. The van der Waals surface area contributed by atoms with Gasteiger partial charge in [0.15, 0.2) is 0 Å². The van der Waals surface area contributed by atoms with E-state index in [2.05, 4.69) is 6.92 Å². The number of rotatable bonds is 4. The van der Waals surface area contributed by atoms with Crippen molar-refractivity contribution in [1.82, 2.24) is 14.8 Å². The van der Waals surface area contributed by atoms with Crippen molar-refractivity contribution in [2.24, 2.45) is 0 Å². The summed E-state index contributed by atoms with van der Waals surface area (Å²) < 4.78 is 5.25. The van der Waals surface area contributed by atoms with Crippen LogP contribution in [0.5, 0.6) is 0 Å². The lowest BCUT2D eigenvalue weighted by atomic mass is 10.0. The van der Waals surface area contributed by atoms with Gasteiger partial charge in [-0.3, -0.25) is 9.78 Å². The van der Waals surface area contributed by atoms with Gasteiger partial charge in [0.25, 0.3) is 5.91 Å². The number of carbonyl (C=O) groups is 2. The van der Waals surface area contributed by atoms with E-state index in [1.807, 2.05) is 38.1 Å². The van der Waals surface area contributed by atoms with E-state index in [1.54, 1.807) is 9.80 Å². The fourth-order valence-electron chi connectivity index (χ4n) is 3.94. The Labute approximate surface area is 182 Å². The molecule has 7 heteroatoms. The molecular formula is C23H28ClN3O3. The first-order chi connectivity index (χ1) is 14.3. The van der Waals surface area contributed by atoms with Gasteiger partial charge in [-0.05, 0) is 44.4 Å². The van der Waals surface area contributed by atoms with E-state index in [-0.39, 0.29) is 23.5 Å². The Kier molecular flexibility index (Phi) is 5.62. The summed E-state index contributed by atoms with van der Waals surface area (Å²) in [5.74, 6) is -0.0497. The normalized spacial score (nSPS) is 20.3. The predicted octanol–water partition coefficient (Wildman–Crippen LogP) is 4.63. The number of nitrogens with zero attached hydrogens (tertiary/aromatic N) is 3. The zero-order valence-electron chi connectivity index (χ0n) is 17.8. The van der Waals surface area contributed by atoms with Crippen molar-refractivity contribution in [3.63, 3.8) is 0 Å². The molecule has 1 atom stereocenters. The highest BCUT2D eigenvalue weighted by Gasteiger charge is 2.41. The van der Waals surface area contributed by atoms with Crippen LogP contribution in [0.2, 0.25) is 5.02 Å². The molecule has 4 rings (SSSR count). The highest BCUT2D eigenvalue weighted by molar-refractivity contribution is 6.35. The van der Waals surface area contributed by atoms with E-state index in [0.717, 1.165) is 35.9 Å². The van der Waals surface area contributed by atoms with Crippen LogP contribution < -0.4 is 0 Å². The Bertz CT molecular complexity index is 989. The minimum absolute atomic E-state index is 0.0497. The van der Waals surface area contributed by atoms with E-state index in [0.29, 0.717) is 36.8 Å². The second-order valence-corrected chi connectivity index (χ2v) is 9.10. The molecule has 30 heavy (non-hydrogen) atoms. The van der Waals surface area contributed by atoms with Gasteiger partial charge < -0.3 is 14.5 Å². The second-order valence-electron chi connectivity index (χ2n) is 8.69. The van der Waals surface area contributed by atoms with Crippen LogP contribution in [-0.4, -0.2) is 59.1 Å². The average molecular weight is 430 g/mol. The summed E-state index contributed by atoms with van der Waals surface area (Å²) in [6, 6.07) is 7.38. The molecule has 1 aromatic carbocycles. The first-order valence-electron chi connectivity index (χ1n) is 10.7. The van der Waals surface area contributed by atoms with Crippen LogP contribution in [0.3, 0.4) is 0 Å². The third kappa shape index (κ3) is 3.97. The quantitative estimate of drug-likeness (QED) is 0.710. The summed E-state index contributed by atoms with van der Waals surface area (Å²) in [6.45, 7) is 7.94. The smallest absolute Gasteiger partial charge is 0.410 e. The standard InChI is InChI=1S/C23H28ClN3O3/c1-4-11-30-22(29)27-10-9-26(14-15(27)2)21(28)16-5-6-17-18(24)13-20(23(3)7-8-23)25-19(17)12-16/h5-6,12-13,15H,4,7-11,14H2,1-3H3/t15-/m1/s1. The van der Waals surface area contributed by atoms with Crippen LogP contribution in [0.1, 0.15) is 56.1 Å². The summed E-state index contributed by atoms with van der Waals surface area (Å²) in [6.07, 6.45) is 2.72. The molecule has 6 nitrogen and oxygen atoms in total. The lowest BCUT2D eigenvalue weighted by Gasteiger charge is -2.39. The van der Waals surface area contributed by atoms with Gasteiger partial charge in [0.2, 0.25) is 0 Å². The number of amides is 2. The molecule has 0 spiro atoms. The number of piperazine rings is 1. The maximum atomic E-state index is 13.1. The number of fused-ring (bicyclic) bond motifs is 1. The number of benzene rings is 1. The van der Waals surface area contributed by atoms with E-state index in [4.69, 9.17) is 21.3 Å². The second kappa shape index (κ2) is 8.06. The van der Waals surface area contributed by atoms with Crippen LogP contribution in [0.15, 0.2) is 24.3 Å². The van der Waals surface area contributed by atoms with E-state index < -0.39 is 0 Å². The van der Waals surface area contributed by atoms with Crippen LogP contribution in [-0.2, 0) is 10.2 Å². The Balaban J connectivity index is 1.51. The predicted molar refractivity (Wildman–Crippen MR) is 117 cm³/mol. The van der Waals surface area contributed by atoms with Crippen molar-refractivity contribution in [2.45, 2.75) is 51.5 Å². The molecule has 160 valence electrons. The minimum Gasteiger partial charge on any atom is -0.449 e. The maximum absolute atomic E-state index is 13.1. The number of aromatic nitrogens is 1. The van der Waals surface area contributed by atoms with Crippen molar-refractivity contribution < 1.29 is 14.3 Å². The molecule has 0 N–H and O–H groups in total. The van der Waals surface area contributed by atoms with E-state index >= 15 is 0 Å². The van der Waals surface area contributed by atoms with Gasteiger partial charge in [-0.15, -0.1) is 0 Å². The molecule has 2 aliphatic rings. The topological polar surface area (TPSA) is 62.7 Å². The van der Waals surface area contributed by atoms with Crippen molar-refractivity contribution in [2.75, 3.05) is 26.2 Å². The molecule has 2 fully saturated rings. The summed E-state index contributed by atoms with van der Waals surface area (Å²) in [4.78, 5) is 33.6. The fourth-order valence-corrected chi connectivity index (χ4v) is 4.20. The number of hydrogen-bond donors (Lipinski definition) is 0. The maximum Gasteiger partial charge on any atom is 0.410 e. The SMILES string of the molecule is CCCOC(=O)N1CCN(C(=O)c2ccc3c(Cl)cc(C4(C)CC4)nc3c2)C[C@H]1C. The van der Waals surface area contributed by atoms with Gasteiger partial charge in [0.05, 0.1) is 17.1 Å². The summed E-state index contributed by atoms with van der Waals surface area (Å²) >= 11 is 6.49. The third-order valence-electron chi connectivity index (χ3n) is 6.20. The van der Waals surface area contributed by atoms with Gasteiger partial charge in [0, 0.05) is 47.7 Å². The molecule has 2 heterocycles. The number of hydrogen-bond acceptors (Lipinski definition) is 4. The molecule has 1 saturated carbocycles. The van der Waals surface area contributed by atoms with Crippen molar-refractivity contribution in [1.29, 1.82) is 0 Å². The molecule has 1 saturated heterocycles. The van der Waals surface area contributed by atoms with Crippen LogP contribution in [0.4, 0.5) is 4.79 Å². The number of carbonyl (C=O) groups excluding carboxylic acids is 2. The molecule has 2 amide bonds. The summed E-state index contributed by atoms with van der Waals surface area (Å²) in [5.41, 5.74) is 2.46. The molecule has 0 unspecified atom stereocenters. The zero-order chi connectivity index (χ0) is 21.5. The number of halogens is 1. The first-order valence-corrected chi connectivity index (χ1v) is 11.0. The van der Waals surface area contributed by atoms with Crippen molar-refractivity contribution >= 4 is 34.5 Å². The van der Waals surface area contributed by atoms with Gasteiger partial charge in [0.1, 0.15) is 0 Å². The Morgan fingerprint density at radius 1 is 1.27 bits per heavy atom. The van der Waals surface area contributed by atoms with Crippen LogP contribution >= 0.6 is 11.6 Å². The lowest BCUT2D eigenvalue weighted by Crippen LogP contribution is -2.55. The molecule has 1 aliphatic carbocycles. The van der Waals surface area contributed by atoms with Crippen LogP contribution in [0, 0.1) is 0 Å². The molecule has 1 aliphatic heterocycles. The fraction of sp³-hybridized carbons (Fsp3) is 0.522.